The number of rotatable bonds is 3. The highest BCUT2D eigenvalue weighted by molar-refractivity contribution is 5.92. The summed E-state index contributed by atoms with van der Waals surface area (Å²) in [7, 11) is 4.65. The summed E-state index contributed by atoms with van der Waals surface area (Å²) in [5.41, 5.74) is 5.75. The van der Waals surface area contributed by atoms with Gasteiger partial charge < -0.3 is 15.2 Å². The van der Waals surface area contributed by atoms with Crippen molar-refractivity contribution in [2.45, 2.75) is 0 Å². The molecule has 15 heavy (non-hydrogen) atoms. The molecule has 0 fully saturated rings. The van der Waals surface area contributed by atoms with E-state index in [0.29, 0.717) is 17.2 Å². The molecule has 0 saturated carbocycles. The van der Waals surface area contributed by atoms with Gasteiger partial charge in [0.25, 0.3) is 0 Å². The Morgan fingerprint density at radius 1 is 1.33 bits per heavy atom. The first-order valence-electron chi connectivity index (χ1n) is 4.35. The van der Waals surface area contributed by atoms with Crippen LogP contribution in [0.3, 0.4) is 0 Å². The minimum absolute atomic E-state index is 0.554. The summed E-state index contributed by atoms with van der Waals surface area (Å²) in [6.07, 6.45) is 0. The van der Waals surface area contributed by atoms with Gasteiger partial charge in [-0.15, -0.1) is 0 Å². The zero-order chi connectivity index (χ0) is 11.4. The smallest absolute Gasteiger partial charge is 0.319 e. The van der Waals surface area contributed by atoms with Crippen LogP contribution >= 0.6 is 0 Å². The first-order chi connectivity index (χ1) is 7.10. The molecule has 0 saturated heterocycles. The van der Waals surface area contributed by atoms with E-state index in [1.165, 1.54) is 12.0 Å². The molecule has 2 amide bonds. The lowest BCUT2D eigenvalue weighted by Gasteiger charge is -2.18. The zero-order valence-electron chi connectivity index (χ0n) is 8.98. The number of urea groups is 1. The predicted molar refractivity (Wildman–Crippen MR) is 57.5 cm³/mol. The van der Waals surface area contributed by atoms with Crippen LogP contribution in [-0.2, 0) is 0 Å². The second kappa shape index (κ2) is 4.54. The summed E-state index contributed by atoms with van der Waals surface area (Å²) in [5, 5.41) is 0. The molecule has 0 radical (unpaired) electrons. The van der Waals surface area contributed by atoms with Crippen molar-refractivity contribution in [2.24, 2.45) is 5.73 Å². The van der Waals surface area contributed by atoms with Crippen LogP contribution in [0.5, 0.6) is 11.5 Å². The monoisotopic (exact) mass is 210 g/mol. The Hall–Kier alpha value is -1.91. The van der Waals surface area contributed by atoms with Gasteiger partial charge in [0.1, 0.15) is 11.5 Å². The maximum absolute atomic E-state index is 11.0. The standard InChI is InChI=1S/C10H14N2O3/c1-12(10(11)13)8-6-7(14-2)4-5-9(8)15-3/h4-6H,1-3H3,(H2,11,13). The quantitative estimate of drug-likeness (QED) is 0.815. The second-order valence-corrected chi connectivity index (χ2v) is 2.94. The van der Waals surface area contributed by atoms with Crippen molar-refractivity contribution in [2.75, 3.05) is 26.2 Å². The van der Waals surface area contributed by atoms with E-state index in [0.717, 1.165) is 0 Å². The van der Waals surface area contributed by atoms with Crippen molar-refractivity contribution >= 4 is 11.7 Å². The van der Waals surface area contributed by atoms with Crippen LogP contribution in [0, 0.1) is 0 Å². The largest absolute Gasteiger partial charge is 0.497 e. The third-order valence-corrected chi connectivity index (χ3v) is 2.08. The van der Waals surface area contributed by atoms with Gasteiger partial charge in [-0.05, 0) is 12.1 Å². The van der Waals surface area contributed by atoms with E-state index >= 15 is 0 Å². The van der Waals surface area contributed by atoms with E-state index in [1.54, 1.807) is 32.4 Å². The van der Waals surface area contributed by atoms with Gasteiger partial charge in [0.05, 0.1) is 19.9 Å². The fraction of sp³-hybridized carbons (Fsp3) is 0.300. The van der Waals surface area contributed by atoms with Gasteiger partial charge in [-0.2, -0.15) is 0 Å². The summed E-state index contributed by atoms with van der Waals surface area (Å²) in [6, 6.07) is 4.59. The van der Waals surface area contributed by atoms with Crippen LogP contribution < -0.4 is 20.1 Å². The number of carbonyl (C=O) groups excluding carboxylic acids is 1. The Bertz CT molecular complexity index is 366. The fourth-order valence-corrected chi connectivity index (χ4v) is 1.18. The van der Waals surface area contributed by atoms with E-state index in [1.807, 2.05) is 0 Å². The average Bonchev–Trinajstić information content (AvgIpc) is 2.27. The van der Waals surface area contributed by atoms with Gasteiger partial charge >= 0.3 is 6.03 Å². The molecular formula is C10H14N2O3. The summed E-state index contributed by atoms with van der Waals surface area (Å²) < 4.78 is 10.2. The van der Waals surface area contributed by atoms with Gasteiger partial charge in [-0.25, -0.2) is 4.79 Å². The molecule has 2 N–H and O–H groups in total. The molecule has 0 heterocycles. The molecule has 0 aliphatic rings. The van der Waals surface area contributed by atoms with Crippen LogP contribution in [-0.4, -0.2) is 27.3 Å². The van der Waals surface area contributed by atoms with Crippen molar-refractivity contribution in [3.8, 4) is 11.5 Å². The van der Waals surface area contributed by atoms with Crippen molar-refractivity contribution < 1.29 is 14.3 Å². The lowest BCUT2D eigenvalue weighted by molar-refractivity contribution is 0.255. The molecule has 82 valence electrons. The maximum atomic E-state index is 11.0. The summed E-state index contributed by atoms with van der Waals surface area (Å²) in [6.45, 7) is 0. The second-order valence-electron chi connectivity index (χ2n) is 2.94. The number of hydrogen-bond acceptors (Lipinski definition) is 3. The zero-order valence-corrected chi connectivity index (χ0v) is 8.98. The SMILES string of the molecule is COc1ccc(OC)c(N(C)C(N)=O)c1. The number of ether oxygens (including phenoxy) is 2. The summed E-state index contributed by atoms with van der Waals surface area (Å²) >= 11 is 0. The van der Waals surface area contributed by atoms with Gasteiger partial charge in [0, 0.05) is 13.1 Å². The Balaban J connectivity index is 3.16. The predicted octanol–water partition coefficient (Wildman–Crippen LogP) is 1.22. The van der Waals surface area contributed by atoms with E-state index in [-0.39, 0.29) is 0 Å². The number of hydrogen-bond donors (Lipinski definition) is 1. The lowest BCUT2D eigenvalue weighted by atomic mass is 10.2. The van der Waals surface area contributed by atoms with Crippen molar-refractivity contribution in [3.05, 3.63) is 18.2 Å². The molecular weight excluding hydrogens is 196 g/mol. The maximum Gasteiger partial charge on any atom is 0.319 e. The minimum Gasteiger partial charge on any atom is -0.497 e. The van der Waals surface area contributed by atoms with Crippen LogP contribution in [0.15, 0.2) is 18.2 Å². The minimum atomic E-state index is -0.554. The fourth-order valence-electron chi connectivity index (χ4n) is 1.18. The van der Waals surface area contributed by atoms with Gasteiger partial charge in [-0.3, -0.25) is 4.90 Å². The Morgan fingerprint density at radius 2 is 2.00 bits per heavy atom. The number of nitrogens with zero attached hydrogens (tertiary/aromatic N) is 1. The van der Waals surface area contributed by atoms with Crippen molar-refractivity contribution in [1.82, 2.24) is 0 Å². The van der Waals surface area contributed by atoms with Crippen molar-refractivity contribution in [3.63, 3.8) is 0 Å². The van der Waals surface area contributed by atoms with E-state index in [4.69, 9.17) is 15.2 Å². The molecule has 5 heteroatoms. The van der Waals surface area contributed by atoms with Gasteiger partial charge in [-0.1, -0.05) is 0 Å². The summed E-state index contributed by atoms with van der Waals surface area (Å²) in [5.74, 6) is 1.20. The third-order valence-electron chi connectivity index (χ3n) is 2.08. The van der Waals surface area contributed by atoms with Crippen LogP contribution in [0.1, 0.15) is 0 Å². The molecule has 0 unspecified atom stereocenters. The number of primary amides is 1. The molecule has 0 atom stereocenters. The molecule has 1 aromatic carbocycles. The topological polar surface area (TPSA) is 64.8 Å². The molecule has 0 bridgehead atoms. The highest BCUT2D eigenvalue weighted by Crippen LogP contribution is 2.31. The summed E-state index contributed by atoms with van der Waals surface area (Å²) in [4.78, 5) is 12.3. The Morgan fingerprint density at radius 3 is 2.47 bits per heavy atom. The number of carbonyl (C=O) groups is 1. The van der Waals surface area contributed by atoms with Crippen LogP contribution in [0.25, 0.3) is 0 Å². The Labute approximate surface area is 88.4 Å². The Kier molecular flexibility index (Phi) is 3.38. The van der Waals surface area contributed by atoms with Crippen LogP contribution in [0.2, 0.25) is 0 Å². The first-order valence-corrected chi connectivity index (χ1v) is 4.35. The number of nitrogens with two attached hydrogens (primary N) is 1. The van der Waals surface area contributed by atoms with Crippen molar-refractivity contribution in [1.29, 1.82) is 0 Å². The van der Waals surface area contributed by atoms with E-state index in [2.05, 4.69) is 0 Å². The molecule has 0 spiro atoms. The highest BCUT2D eigenvalue weighted by atomic mass is 16.5. The normalized spacial score (nSPS) is 9.53. The third kappa shape index (κ3) is 2.31. The molecule has 0 aliphatic carbocycles. The molecule has 5 nitrogen and oxygen atoms in total. The first kappa shape index (κ1) is 11.2. The molecule has 1 aromatic rings. The lowest BCUT2D eigenvalue weighted by Crippen LogP contribution is -2.32. The number of benzene rings is 1. The van der Waals surface area contributed by atoms with E-state index in [9.17, 15) is 4.79 Å². The van der Waals surface area contributed by atoms with Gasteiger partial charge in [0.2, 0.25) is 0 Å². The molecule has 0 aromatic heterocycles. The van der Waals surface area contributed by atoms with Crippen LogP contribution in [0.4, 0.5) is 10.5 Å². The molecule has 1 rings (SSSR count). The average molecular weight is 210 g/mol. The van der Waals surface area contributed by atoms with Gasteiger partial charge in [0.15, 0.2) is 0 Å². The van der Waals surface area contributed by atoms with E-state index < -0.39 is 6.03 Å². The number of anilines is 1. The highest BCUT2D eigenvalue weighted by Gasteiger charge is 2.13. The molecule has 0 aliphatic heterocycles. The number of amides is 2. The number of methoxy groups -OCH3 is 2.